The van der Waals surface area contributed by atoms with Gasteiger partial charge in [-0.15, -0.1) is 0 Å². The maximum absolute atomic E-state index is 12.0. The van der Waals surface area contributed by atoms with Crippen LogP contribution in [0.25, 0.3) is 0 Å². The second kappa shape index (κ2) is 6.95. The molecule has 5 heteroatoms. The van der Waals surface area contributed by atoms with Crippen LogP contribution in [0.3, 0.4) is 0 Å². The van der Waals surface area contributed by atoms with Crippen molar-refractivity contribution in [2.24, 2.45) is 11.3 Å². The Bertz CT molecular complexity index is 337. The van der Waals surface area contributed by atoms with Crippen molar-refractivity contribution >= 4 is 12.1 Å². The van der Waals surface area contributed by atoms with Crippen molar-refractivity contribution in [3.05, 3.63) is 0 Å². The fourth-order valence-electron chi connectivity index (χ4n) is 1.31. The fraction of sp³-hybridized carbons (Fsp3) is 0.867. The zero-order valence-corrected chi connectivity index (χ0v) is 14.0. The summed E-state index contributed by atoms with van der Waals surface area (Å²) in [7, 11) is 0. The van der Waals surface area contributed by atoms with Gasteiger partial charge in [0.05, 0.1) is 6.61 Å². The summed E-state index contributed by atoms with van der Waals surface area (Å²) in [4.78, 5) is 23.8. The molecule has 118 valence electrons. The lowest BCUT2D eigenvalue weighted by atomic mass is 9.99. The van der Waals surface area contributed by atoms with E-state index in [0.717, 1.165) is 0 Å². The Kier molecular flexibility index (Phi) is 6.51. The SMILES string of the molecule is CC(C)[C@@H](NC(=O)OCC(C)(C)C)C(=O)OC(C)(C)C. The molecule has 0 fully saturated rings. The van der Waals surface area contributed by atoms with Crippen LogP contribution in [0, 0.1) is 11.3 Å². The van der Waals surface area contributed by atoms with E-state index in [2.05, 4.69) is 5.32 Å². The summed E-state index contributed by atoms with van der Waals surface area (Å²) in [5.41, 5.74) is -0.697. The van der Waals surface area contributed by atoms with Gasteiger partial charge in [-0.05, 0) is 32.1 Å². The number of nitrogens with one attached hydrogen (secondary N) is 1. The molecule has 0 bridgehead atoms. The lowest BCUT2D eigenvalue weighted by Gasteiger charge is -2.26. The summed E-state index contributed by atoms with van der Waals surface area (Å²) in [6, 6.07) is -0.707. The molecule has 0 saturated carbocycles. The average Bonchev–Trinajstić information content (AvgIpc) is 2.18. The standard InChI is InChI=1S/C15H29NO4/c1-10(2)11(12(17)20-15(6,7)8)16-13(18)19-9-14(3,4)5/h10-11H,9H2,1-8H3,(H,16,18)/t11-/m1/s1. The number of carbonyl (C=O) groups is 2. The average molecular weight is 287 g/mol. The minimum atomic E-state index is -0.707. The fourth-order valence-corrected chi connectivity index (χ4v) is 1.31. The van der Waals surface area contributed by atoms with Gasteiger partial charge in [-0.3, -0.25) is 0 Å². The van der Waals surface area contributed by atoms with Gasteiger partial charge in [-0.1, -0.05) is 34.6 Å². The molecule has 0 heterocycles. The van der Waals surface area contributed by atoms with E-state index in [4.69, 9.17) is 9.47 Å². The molecule has 1 N–H and O–H groups in total. The molecule has 0 radical (unpaired) electrons. The number of alkyl carbamates (subject to hydrolysis) is 1. The maximum atomic E-state index is 12.0. The normalized spacial score (nSPS) is 13.8. The molecule has 0 aromatic carbocycles. The summed E-state index contributed by atoms with van der Waals surface area (Å²) in [6.07, 6.45) is -0.593. The van der Waals surface area contributed by atoms with Crippen molar-refractivity contribution in [2.45, 2.75) is 67.0 Å². The highest BCUT2D eigenvalue weighted by Gasteiger charge is 2.29. The Labute approximate surface area is 122 Å². The second-order valence-electron chi connectivity index (χ2n) is 7.54. The van der Waals surface area contributed by atoms with Crippen LogP contribution in [0.1, 0.15) is 55.4 Å². The Morgan fingerprint density at radius 2 is 1.55 bits per heavy atom. The number of amides is 1. The van der Waals surface area contributed by atoms with Crippen molar-refractivity contribution in [1.82, 2.24) is 5.32 Å². The largest absolute Gasteiger partial charge is 0.458 e. The minimum Gasteiger partial charge on any atom is -0.458 e. The minimum absolute atomic E-state index is 0.0768. The van der Waals surface area contributed by atoms with E-state index < -0.39 is 23.7 Å². The topological polar surface area (TPSA) is 64.6 Å². The number of rotatable bonds is 4. The van der Waals surface area contributed by atoms with Gasteiger partial charge in [-0.25, -0.2) is 9.59 Å². The molecule has 0 aromatic heterocycles. The molecule has 0 unspecified atom stereocenters. The lowest BCUT2D eigenvalue weighted by molar-refractivity contribution is -0.158. The Morgan fingerprint density at radius 3 is 1.90 bits per heavy atom. The van der Waals surface area contributed by atoms with Gasteiger partial charge in [0.25, 0.3) is 0 Å². The second-order valence-corrected chi connectivity index (χ2v) is 7.54. The zero-order chi connectivity index (χ0) is 16.1. The molecule has 0 aromatic rings. The molecular formula is C15H29NO4. The van der Waals surface area contributed by atoms with Gasteiger partial charge in [-0.2, -0.15) is 0 Å². The van der Waals surface area contributed by atoms with Gasteiger partial charge < -0.3 is 14.8 Å². The van der Waals surface area contributed by atoms with Gasteiger partial charge >= 0.3 is 12.1 Å². The zero-order valence-electron chi connectivity index (χ0n) is 14.0. The first kappa shape index (κ1) is 18.7. The molecule has 0 aliphatic carbocycles. The molecular weight excluding hydrogens is 258 g/mol. The number of carbonyl (C=O) groups excluding carboxylic acids is 2. The van der Waals surface area contributed by atoms with E-state index in [9.17, 15) is 9.59 Å². The first-order chi connectivity index (χ1) is 8.82. The van der Waals surface area contributed by atoms with Crippen LogP contribution in [0.2, 0.25) is 0 Å². The summed E-state index contributed by atoms with van der Waals surface area (Å²) in [5.74, 6) is -0.521. The van der Waals surface area contributed by atoms with Gasteiger partial charge in [0, 0.05) is 0 Å². The van der Waals surface area contributed by atoms with Gasteiger partial charge in [0.1, 0.15) is 11.6 Å². The highest BCUT2D eigenvalue weighted by molar-refractivity contribution is 5.81. The van der Waals surface area contributed by atoms with Crippen LogP contribution in [0.4, 0.5) is 4.79 Å². The third-order valence-electron chi connectivity index (χ3n) is 2.24. The third kappa shape index (κ3) is 8.77. The molecule has 1 amide bonds. The van der Waals surface area contributed by atoms with Crippen LogP contribution in [0.5, 0.6) is 0 Å². The van der Waals surface area contributed by atoms with Crippen molar-refractivity contribution in [3.63, 3.8) is 0 Å². The molecule has 0 saturated heterocycles. The molecule has 1 atom stereocenters. The molecule has 0 aliphatic rings. The Morgan fingerprint density at radius 1 is 1.05 bits per heavy atom. The van der Waals surface area contributed by atoms with E-state index in [1.165, 1.54) is 0 Å². The van der Waals surface area contributed by atoms with E-state index >= 15 is 0 Å². The summed E-state index contributed by atoms with van der Waals surface area (Å²) in [5, 5.41) is 2.58. The quantitative estimate of drug-likeness (QED) is 0.807. The van der Waals surface area contributed by atoms with Crippen molar-refractivity contribution in [3.8, 4) is 0 Å². The first-order valence-corrected chi connectivity index (χ1v) is 6.98. The summed E-state index contributed by atoms with van der Waals surface area (Å²) < 4.78 is 10.4. The third-order valence-corrected chi connectivity index (χ3v) is 2.24. The van der Waals surface area contributed by atoms with Gasteiger partial charge in [0.15, 0.2) is 0 Å². The number of hydrogen-bond donors (Lipinski definition) is 1. The first-order valence-electron chi connectivity index (χ1n) is 6.98. The number of esters is 1. The van der Waals surface area contributed by atoms with E-state index in [1.807, 2.05) is 34.6 Å². The summed E-state index contributed by atoms with van der Waals surface area (Å²) >= 11 is 0. The predicted octanol–water partition coefficient (Wildman–Crippen LogP) is 3.13. The number of ether oxygens (including phenoxy) is 2. The van der Waals surface area contributed by atoms with E-state index in [0.29, 0.717) is 0 Å². The highest BCUT2D eigenvalue weighted by atomic mass is 16.6. The van der Waals surface area contributed by atoms with Gasteiger partial charge in [0.2, 0.25) is 0 Å². The Hall–Kier alpha value is -1.26. The van der Waals surface area contributed by atoms with Crippen molar-refractivity contribution in [2.75, 3.05) is 6.61 Å². The monoisotopic (exact) mass is 287 g/mol. The van der Waals surface area contributed by atoms with E-state index in [1.54, 1.807) is 20.8 Å². The highest BCUT2D eigenvalue weighted by Crippen LogP contribution is 2.14. The molecule has 20 heavy (non-hydrogen) atoms. The van der Waals surface area contributed by atoms with Crippen LogP contribution in [-0.2, 0) is 14.3 Å². The van der Waals surface area contributed by atoms with E-state index in [-0.39, 0.29) is 17.9 Å². The summed E-state index contributed by atoms with van der Waals surface area (Å²) in [6.45, 7) is 15.3. The number of hydrogen-bond acceptors (Lipinski definition) is 4. The van der Waals surface area contributed by atoms with Crippen molar-refractivity contribution < 1.29 is 19.1 Å². The maximum Gasteiger partial charge on any atom is 0.407 e. The van der Waals surface area contributed by atoms with Crippen LogP contribution in [-0.4, -0.2) is 30.3 Å². The molecule has 0 rings (SSSR count). The molecule has 0 spiro atoms. The van der Waals surface area contributed by atoms with Crippen LogP contribution < -0.4 is 5.32 Å². The Balaban J connectivity index is 4.56. The lowest BCUT2D eigenvalue weighted by Crippen LogP contribution is -2.47. The molecule has 5 nitrogen and oxygen atoms in total. The van der Waals surface area contributed by atoms with Crippen LogP contribution >= 0.6 is 0 Å². The van der Waals surface area contributed by atoms with Crippen molar-refractivity contribution in [1.29, 1.82) is 0 Å². The van der Waals surface area contributed by atoms with Crippen LogP contribution in [0.15, 0.2) is 0 Å². The smallest absolute Gasteiger partial charge is 0.407 e. The molecule has 0 aliphatic heterocycles. The predicted molar refractivity (Wildman–Crippen MR) is 78.4 cm³/mol.